The number of nitrogens with two attached hydrogens (primary N) is 1. The van der Waals surface area contributed by atoms with Crippen LogP contribution in [0.3, 0.4) is 0 Å². The molecule has 0 aliphatic heterocycles. The van der Waals surface area contributed by atoms with Crippen molar-refractivity contribution in [2.75, 3.05) is 13.7 Å². The van der Waals surface area contributed by atoms with Gasteiger partial charge in [0.05, 0.1) is 13.7 Å². The molecule has 0 spiro atoms. The fourth-order valence-electron chi connectivity index (χ4n) is 1.57. The number of methoxy groups -OCH3 is 1. The minimum atomic E-state index is -0.366. The molecular formula is C15H21N3O3S. The number of hydrogen-bond donors (Lipinski definition) is 3. The van der Waals surface area contributed by atoms with Gasteiger partial charge in [0.25, 0.3) is 5.91 Å². The molecule has 22 heavy (non-hydrogen) atoms. The number of unbranched alkanes of at least 4 members (excludes halogenated alkanes) is 1. The summed E-state index contributed by atoms with van der Waals surface area (Å²) in [6.45, 7) is 2.75. The van der Waals surface area contributed by atoms with Crippen molar-refractivity contribution < 1.29 is 14.3 Å². The summed E-state index contributed by atoms with van der Waals surface area (Å²) >= 11 is 4.58. The minimum Gasteiger partial charge on any atom is -0.493 e. The molecule has 1 aromatic carbocycles. The molecule has 0 aliphatic rings. The summed E-state index contributed by atoms with van der Waals surface area (Å²) in [5, 5.41) is -0.00278. The van der Waals surface area contributed by atoms with Gasteiger partial charge in [0.1, 0.15) is 0 Å². The number of benzene rings is 1. The van der Waals surface area contributed by atoms with Crippen molar-refractivity contribution in [1.82, 2.24) is 10.9 Å². The number of carbonyl (C=O) groups is 1. The minimum absolute atomic E-state index is 0.00278. The topological polar surface area (TPSA) is 85.6 Å². The average Bonchev–Trinajstić information content (AvgIpc) is 2.51. The third kappa shape index (κ3) is 6.45. The predicted molar refractivity (Wildman–Crippen MR) is 90.5 cm³/mol. The zero-order chi connectivity index (χ0) is 16.4. The lowest BCUT2D eigenvalue weighted by Crippen LogP contribution is -2.43. The van der Waals surface area contributed by atoms with Crippen LogP contribution < -0.4 is 26.1 Å². The molecule has 0 fully saturated rings. The highest BCUT2D eigenvalue weighted by atomic mass is 32.1. The molecule has 0 bridgehead atoms. The quantitative estimate of drug-likeness (QED) is 0.307. The van der Waals surface area contributed by atoms with Gasteiger partial charge < -0.3 is 15.2 Å². The molecule has 1 amide bonds. The van der Waals surface area contributed by atoms with Crippen LogP contribution in [0.15, 0.2) is 24.3 Å². The van der Waals surface area contributed by atoms with Crippen molar-refractivity contribution in [2.24, 2.45) is 5.73 Å². The number of nitrogens with one attached hydrogen (secondary N) is 2. The number of hydrazine groups is 1. The molecule has 0 saturated carbocycles. The van der Waals surface area contributed by atoms with Crippen LogP contribution in [-0.2, 0) is 4.79 Å². The molecule has 6 nitrogen and oxygen atoms in total. The molecule has 1 rings (SSSR count). The molecule has 0 saturated heterocycles. The maximum absolute atomic E-state index is 11.5. The molecule has 0 aliphatic carbocycles. The standard InChI is InChI=1S/C15H21N3O3S/c1-3-4-9-21-12-7-5-11(10-13(12)20-2)6-8-14(19)17-18-15(16)22/h5-8,10H,3-4,9H2,1-2H3,(H,17,19)(H3,16,18,22)/b8-6+. The molecule has 0 aromatic heterocycles. The van der Waals surface area contributed by atoms with E-state index in [1.165, 1.54) is 6.08 Å². The fraction of sp³-hybridized carbons (Fsp3) is 0.333. The number of thiocarbonyl (C=S) groups is 1. The molecule has 0 atom stereocenters. The molecule has 1 aromatic rings. The summed E-state index contributed by atoms with van der Waals surface area (Å²) in [6, 6.07) is 5.46. The highest BCUT2D eigenvalue weighted by Gasteiger charge is 2.05. The van der Waals surface area contributed by atoms with Crippen LogP contribution in [0.25, 0.3) is 6.08 Å². The van der Waals surface area contributed by atoms with Gasteiger partial charge in [0.15, 0.2) is 16.6 Å². The van der Waals surface area contributed by atoms with Crippen LogP contribution in [0.5, 0.6) is 11.5 Å². The van der Waals surface area contributed by atoms with Crippen LogP contribution in [0.1, 0.15) is 25.3 Å². The molecule has 0 unspecified atom stereocenters. The van der Waals surface area contributed by atoms with Gasteiger partial charge in [0.2, 0.25) is 0 Å². The summed E-state index contributed by atoms with van der Waals surface area (Å²) in [5.41, 5.74) is 10.7. The number of amides is 1. The van der Waals surface area contributed by atoms with E-state index in [9.17, 15) is 4.79 Å². The first kappa shape index (κ1) is 17.8. The van der Waals surface area contributed by atoms with Gasteiger partial charge in [-0.05, 0) is 42.4 Å². The van der Waals surface area contributed by atoms with Crippen molar-refractivity contribution in [3.63, 3.8) is 0 Å². The Labute approximate surface area is 135 Å². The van der Waals surface area contributed by atoms with Crippen LogP contribution in [-0.4, -0.2) is 24.7 Å². The van der Waals surface area contributed by atoms with E-state index in [2.05, 4.69) is 30.0 Å². The van der Waals surface area contributed by atoms with Gasteiger partial charge in [-0.15, -0.1) is 0 Å². The first-order valence-corrected chi connectivity index (χ1v) is 7.32. The van der Waals surface area contributed by atoms with Gasteiger partial charge in [-0.3, -0.25) is 15.6 Å². The number of rotatable bonds is 7. The average molecular weight is 323 g/mol. The normalized spacial score (nSPS) is 10.3. The first-order chi connectivity index (χ1) is 10.6. The Kier molecular flexibility index (Phi) is 7.77. The Balaban J connectivity index is 2.68. The zero-order valence-corrected chi connectivity index (χ0v) is 13.5. The summed E-state index contributed by atoms with van der Waals surface area (Å²) in [4.78, 5) is 11.5. The van der Waals surface area contributed by atoms with E-state index < -0.39 is 0 Å². The lowest BCUT2D eigenvalue weighted by atomic mass is 10.2. The van der Waals surface area contributed by atoms with Crippen LogP contribution >= 0.6 is 12.2 Å². The van der Waals surface area contributed by atoms with Gasteiger partial charge >= 0.3 is 0 Å². The Morgan fingerprint density at radius 1 is 1.36 bits per heavy atom. The van der Waals surface area contributed by atoms with E-state index in [0.29, 0.717) is 18.1 Å². The van der Waals surface area contributed by atoms with Crippen molar-refractivity contribution in [3.8, 4) is 11.5 Å². The van der Waals surface area contributed by atoms with Gasteiger partial charge in [0, 0.05) is 6.08 Å². The summed E-state index contributed by atoms with van der Waals surface area (Å²) in [5.74, 6) is 0.947. The Bertz CT molecular complexity index is 547. The maximum Gasteiger partial charge on any atom is 0.262 e. The summed E-state index contributed by atoms with van der Waals surface area (Å²) in [7, 11) is 1.58. The predicted octanol–water partition coefficient (Wildman–Crippen LogP) is 1.75. The number of ether oxygens (including phenoxy) is 2. The second-order valence-electron chi connectivity index (χ2n) is 4.42. The highest BCUT2D eigenvalue weighted by molar-refractivity contribution is 7.80. The largest absolute Gasteiger partial charge is 0.493 e. The van der Waals surface area contributed by atoms with Crippen LogP contribution in [0, 0.1) is 0 Å². The molecule has 7 heteroatoms. The Hall–Kier alpha value is -2.28. The van der Waals surface area contributed by atoms with Crippen molar-refractivity contribution in [1.29, 1.82) is 0 Å². The van der Waals surface area contributed by atoms with Crippen molar-refractivity contribution >= 4 is 29.3 Å². The van der Waals surface area contributed by atoms with E-state index in [1.807, 2.05) is 12.1 Å². The maximum atomic E-state index is 11.5. The van der Waals surface area contributed by atoms with Crippen LogP contribution in [0.2, 0.25) is 0 Å². The molecular weight excluding hydrogens is 302 g/mol. The van der Waals surface area contributed by atoms with Crippen LogP contribution in [0.4, 0.5) is 0 Å². The summed E-state index contributed by atoms with van der Waals surface area (Å²) < 4.78 is 10.9. The molecule has 0 heterocycles. The second-order valence-corrected chi connectivity index (χ2v) is 4.86. The van der Waals surface area contributed by atoms with E-state index in [1.54, 1.807) is 19.3 Å². The van der Waals surface area contributed by atoms with E-state index >= 15 is 0 Å². The van der Waals surface area contributed by atoms with Gasteiger partial charge in [-0.2, -0.15) is 0 Å². The second kappa shape index (κ2) is 9.62. The number of hydrogen-bond acceptors (Lipinski definition) is 4. The van der Waals surface area contributed by atoms with Gasteiger partial charge in [-0.1, -0.05) is 19.4 Å². The molecule has 4 N–H and O–H groups in total. The zero-order valence-electron chi connectivity index (χ0n) is 12.7. The third-order valence-corrected chi connectivity index (χ3v) is 2.78. The number of carbonyl (C=O) groups excluding carboxylic acids is 1. The smallest absolute Gasteiger partial charge is 0.262 e. The fourth-order valence-corrected chi connectivity index (χ4v) is 1.62. The Morgan fingerprint density at radius 3 is 2.77 bits per heavy atom. The summed E-state index contributed by atoms with van der Waals surface area (Å²) in [6.07, 6.45) is 5.06. The van der Waals surface area contributed by atoms with E-state index in [0.717, 1.165) is 18.4 Å². The molecule has 120 valence electrons. The first-order valence-electron chi connectivity index (χ1n) is 6.91. The third-order valence-electron chi connectivity index (χ3n) is 2.68. The van der Waals surface area contributed by atoms with Crippen molar-refractivity contribution in [2.45, 2.75) is 19.8 Å². The monoisotopic (exact) mass is 323 g/mol. The Morgan fingerprint density at radius 2 is 2.14 bits per heavy atom. The van der Waals surface area contributed by atoms with E-state index in [-0.39, 0.29) is 11.0 Å². The lowest BCUT2D eigenvalue weighted by Gasteiger charge is -2.11. The van der Waals surface area contributed by atoms with Crippen molar-refractivity contribution in [3.05, 3.63) is 29.8 Å². The SMILES string of the molecule is CCCCOc1ccc(/C=C/C(=O)NNC(N)=S)cc1OC. The lowest BCUT2D eigenvalue weighted by molar-refractivity contribution is -0.116. The van der Waals surface area contributed by atoms with E-state index in [4.69, 9.17) is 15.2 Å². The van der Waals surface area contributed by atoms with Gasteiger partial charge in [-0.25, -0.2) is 0 Å². The molecule has 0 radical (unpaired) electrons. The highest BCUT2D eigenvalue weighted by Crippen LogP contribution is 2.28.